The smallest absolute Gasteiger partial charge is 0.272 e. The minimum absolute atomic E-state index is 0.201. The minimum Gasteiger partial charge on any atom is -0.387 e. The van der Waals surface area contributed by atoms with Crippen molar-refractivity contribution in [1.82, 2.24) is 5.32 Å². The Labute approximate surface area is 240 Å². The normalized spacial score (nSPS) is 16.4. The SMILES string of the molecule is CN1C(=O)[C@@H](NC(=O)[C@@H](c2ccc(F)cc2)[C@H](O)c2ccc(Cl)c(Cl)c2)N=C(c2ccccc2)c2ccccc21. The highest BCUT2D eigenvalue weighted by molar-refractivity contribution is 6.42. The number of likely N-dealkylation sites (N-methyl/N-ethyl adjacent to an activating group) is 1. The number of hydrogen-bond acceptors (Lipinski definition) is 4. The Kier molecular flexibility index (Phi) is 7.98. The number of benzene rings is 4. The zero-order valence-electron chi connectivity index (χ0n) is 21.3. The Hall–Kier alpha value is -4.04. The van der Waals surface area contributed by atoms with Crippen LogP contribution < -0.4 is 10.2 Å². The summed E-state index contributed by atoms with van der Waals surface area (Å²) in [7, 11) is 1.62. The van der Waals surface area contributed by atoms with Crippen LogP contribution in [-0.4, -0.2) is 35.8 Å². The van der Waals surface area contributed by atoms with Crippen LogP contribution in [0.3, 0.4) is 0 Å². The van der Waals surface area contributed by atoms with Gasteiger partial charge in [0.25, 0.3) is 5.91 Å². The van der Waals surface area contributed by atoms with Crippen molar-refractivity contribution in [2.75, 3.05) is 11.9 Å². The van der Waals surface area contributed by atoms with Crippen LogP contribution in [-0.2, 0) is 9.59 Å². The van der Waals surface area contributed by atoms with Crippen molar-refractivity contribution >= 4 is 46.4 Å². The van der Waals surface area contributed by atoms with E-state index in [2.05, 4.69) is 5.32 Å². The Morgan fingerprint density at radius 3 is 2.27 bits per heavy atom. The van der Waals surface area contributed by atoms with Crippen LogP contribution >= 0.6 is 23.2 Å². The molecule has 5 rings (SSSR count). The lowest BCUT2D eigenvalue weighted by Crippen LogP contribution is -2.48. The molecule has 0 fully saturated rings. The van der Waals surface area contributed by atoms with Crippen LogP contribution in [0.25, 0.3) is 0 Å². The monoisotopic (exact) mass is 575 g/mol. The van der Waals surface area contributed by atoms with E-state index in [0.717, 1.165) is 11.1 Å². The van der Waals surface area contributed by atoms with Crippen molar-refractivity contribution in [3.63, 3.8) is 0 Å². The molecule has 4 aromatic rings. The van der Waals surface area contributed by atoms with Crippen molar-refractivity contribution in [3.05, 3.63) is 135 Å². The molecule has 4 aromatic carbocycles. The van der Waals surface area contributed by atoms with Gasteiger partial charge in [-0.15, -0.1) is 0 Å². The molecule has 6 nitrogen and oxygen atoms in total. The van der Waals surface area contributed by atoms with E-state index < -0.39 is 35.8 Å². The largest absolute Gasteiger partial charge is 0.387 e. The lowest BCUT2D eigenvalue weighted by molar-refractivity contribution is -0.130. The van der Waals surface area contributed by atoms with Gasteiger partial charge in [-0.25, -0.2) is 9.38 Å². The van der Waals surface area contributed by atoms with E-state index in [9.17, 15) is 19.1 Å². The third-order valence-electron chi connectivity index (χ3n) is 6.78. The number of hydrogen-bond donors (Lipinski definition) is 2. The van der Waals surface area contributed by atoms with Gasteiger partial charge >= 0.3 is 0 Å². The van der Waals surface area contributed by atoms with Crippen LogP contribution in [0.15, 0.2) is 102 Å². The molecular weight excluding hydrogens is 552 g/mol. The van der Waals surface area contributed by atoms with Crippen LogP contribution in [0.1, 0.15) is 34.3 Å². The number of carbonyl (C=O) groups is 2. The fourth-order valence-corrected chi connectivity index (χ4v) is 5.01. The highest BCUT2D eigenvalue weighted by atomic mass is 35.5. The molecule has 202 valence electrons. The lowest BCUT2D eigenvalue weighted by atomic mass is 9.88. The van der Waals surface area contributed by atoms with Gasteiger partial charge in [0.15, 0.2) is 0 Å². The Bertz CT molecular complexity index is 1600. The van der Waals surface area contributed by atoms with Gasteiger partial charge in [0.1, 0.15) is 5.82 Å². The average Bonchev–Trinajstić information content (AvgIpc) is 3.06. The number of fused-ring (bicyclic) bond motifs is 1. The number of para-hydroxylation sites is 1. The number of aliphatic hydroxyl groups is 1. The van der Waals surface area contributed by atoms with Crippen LogP contribution in [0.2, 0.25) is 10.0 Å². The van der Waals surface area contributed by atoms with E-state index in [1.54, 1.807) is 13.1 Å². The molecule has 3 atom stereocenters. The van der Waals surface area contributed by atoms with Gasteiger partial charge in [0.05, 0.1) is 33.5 Å². The number of nitrogens with zero attached hydrogens (tertiary/aromatic N) is 2. The number of amides is 2. The molecule has 2 amide bonds. The molecule has 1 aliphatic heterocycles. The summed E-state index contributed by atoms with van der Waals surface area (Å²) >= 11 is 12.2. The van der Waals surface area contributed by atoms with Crippen LogP contribution in [0, 0.1) is 5.82 Å². The lowest BCUT2D eigenvalue weighted by Gasteiger charge is -2.26. The van der Waals surface area contributed by atoms with Gasteiger partial charge in [-0.3, -0.25) is 9.59 Å². The van der Waals surface area contributed by atoms with E-state index in [1.165, 1.54) is 41.3 Å². The summed E-state index contributed by atoms with van der Waals surface area (Å²) in [6.45, 7) is 0. The summed E-state index contributed by atoms with van der Waals surface area (Å²) in [5.74, 6) is -2.87. The summed E-state index contributed by atoms with van der Waals surface area (Å²) in [4.78, 5) is 33.7. The summed E-state index contributed by atoms with van der Waals surface area (Å²) in [5.41, 5.74) is 3.32. The molecular formula is C31H24Cl2FN3O3. The Balaban J connectivity index is 1.56. The van der Waals surface area contributed by atoms with Crippen LogP contribution in [0.5, 0.6) is 0 Å². The fourth-order valence-electron chi connectivity index (χ4n) is 4.70. The summed E-state index contributed by atoms with van der Waals surface area (Å²) in [6.07, 6.45) is -2.70. The predicted octanol–water partition coefficient (Wildman–Crippen LogP) is 5.91. The number of halogens is 3. The zero-order chi connectivity index (χ0) is 28.4. The molecule has 0 saturated carbocycles. The first-order valence-corrected chi connectivity index (χ1v) is 13.2. The first kappa shape index (κ1) is 27.5. The van der Waals surface area contributed by atoms with Crippen molar-refractivity contribution in [2.24, 2.45) is 4.99 Å². The van der Waals surface area contributed by atoms with Crippen molar-refractivity contribution in [2.45, 2.75) is 18.2 Å². The van der Waals surface area contributed by atoms with E-state index in [0.29, 0.717) is 22.5 Å². The molecule has 2 N–H and O–H groups in total. The number of carbonyl (C=O) groups excluding carboxylic acids is 2. The topological polar surface area (TPSA) is 82.0 Å². The molecule has 0 bridgehead atoms. The number of nitrogens with one attached hydrogen (secondary N) is 1. The third-order valence-corrected chi connectivity index (χ3v) is 7.52. The number of aliphatic imine (C=N–C) groups is 1. The van der Waals surface area contributed by atoms with Crippen LogP contribution in [0.4, 0.5) is 10.1 Å². The second kappa shape index (κ2) is 11.6. The second-order valence-corrected chi connectivity index (χ2v) is 10.1. The first-order valence-electron chi connectivity index (χ1n) is 12.4. The van der Waals surface area contributed by atoms with Gasteiger partial charge in [0.2, 0.25) is 12.1 Å². The molecule has 0 unspecified atom stereocenters. The number of anilines is 1. The Morgan fingerprint density at radius 1 is 0.925 bits per heavy atom. The highest BCUT2D eigenvalue weighted by Crippen LogP contribution is 2.35. The van der Waals surface area contributed by atoms with E-state index in [4.69, 9.17) is 28.2 Å². The quantitative estimate of drug-likeness (QED) is 0.300. The summed E-state index contributed by atoms with van der Waals surface area (Å²) in [5, 5.41) is 14.6. The molecule has 0 spiro atoms. The first-order chi connectivity index (χ1) is 19.2. The van der Waals surface area contributed by atoms with E-state index >= 15 is 0 Å². The van der Waals surface area contributed by atoms with Gasteiger partial charge in [0, 0.05) is 18.2 Å². The predicted molar refractivity (Wildman–Crippen MR) is 154 cm³/mol. The number of benzodiazepines with no additional fused rings is 1. The number of aliphatic hydroxyl groups excluding tert-OH is 1. The number of rotatable bonds is 6. The average molecular weight is 576 g/mol. The fraction of sp³-hybridized carbons (Fsp3) is 0.129. The zero-order valence-corrected chi connectivity index (χ0v) is 22.8. The highest BCUT2D eigenvalue weighted by Gasteiger charge is 2.36. The summed E-state index contributed by atoms with van der Waals surface area (Å²) in [6, 6.07) is 26.5. The second-order valence-electron chi connectivity index (χ2n) is 9.32. The minimum atomic E-state index is -1.39. The molecule has 40 heavy (non-hydrogen) atoms. The maximum Gasteiger partial charge on any atom is 0.272 e. The van der Waals surface area contributed by atoms with Gasteiger partial charge in [-0.05, 0) is 41.5 Å². The van der Waals surface area contributed by atoms with Crippen molar-refractivity contribution in [1.29, 1.82) is 0 Å². The molecule has 1 heterocycles. The van der Waals surface area contributed by atoms with Gasteiger partial charge < -0.3 is 15.3 Å². The third kappa shape index (κ3) is 5.49. The maximum atomic E-state index is 13.9. The van der Waals surface area contributed by atoms with E-state index in [1.807, 2.05) is 54.6 Å². The molecule has 0 saturated heterocycles. The molecule has 0 aliphatic carbocycles. The molecule has 0 aromatic heterocycles. The van der Waals surface area contributed by atoms with Crippen molar-refractivity contribution < 1.29 is 19.1 Å². The van der Waals surface area contributed by atoms with Crippen molar-refractivity contribution in [3.8, 4) is 0 Å². The molecule has 9 heteroatoms. The standard InChI is InChI=1S/C31H24Cl2FN3O3/c1-37-25-10-6-5-9-22(25)27(19-7-3-2-4-8-19)35-29(31(37)40)36-30(39)26(18-11-14-21(34)15-12-18)28(38)20-13-16-23(32)24(33)17-20/h2-17,26,28-29,38H,1H3,(H,36,39)/t26-,28+,29+/m0/s1. The Morgan fingerprint density at radius 2 is 1.57 bits per heavy atom. The summed E-state index contributed by atoms with van der Waals surface area (Å²) < 4.78 is 13.8. The van der Waals surface area contributed by atoms with Gasteiger partial charge in [-0.1, -0.05) is 89.9 Å². The molecule has 0 radical (unpaired) electrons. The van der Waals surface area contributed by atoms with Gasteiger partial charge in [-0.2, -0.15) is 0 Å². The maximum absolute atomic E-state index is 13.9. The van der Waals surface area contributed by atoms with E-state index in [-0.39, 0.29) is 10.0 Å². The molecule has 1 aliphatic rings.